The number of hydrogen-bond acceptors (Lipinski definition) is 2. The van der Waals surface area contributed by atoms with Crippen molar-refractivity contribution in [2.24, 2.45) is 5.92 Å². The largest absolute Gasteiger partial charge is 0.254 e. The van der Waals surface area contributed by atoms with Gasteiger partial charge in [0.05, 0.1) is 32.9 Å². The molecule has 1 aliphatic carbocycles. The second-order valence-electron chi connectivity index (χ2n) is 4.78. The van der Waals surface area contributed by atoms with Crippen molar-refractivity contribution in [3.63, 3.8) is 0 Å². The van der Waals surface area contributed by atoms with E-state index in [2.05, 4.69) is 6.07 Å². The van der Waals surface area contributed by atoms with Crippen LogP contribution in [0.2, 0.25) is 0 Å². The van der Waals surface area contributed by atoms with Gasteiger partial charge in [0.25, 0.3) is 0 Å². The van der Waals surface area contributed by atoms with Crippen LogP contribution in [0.1, 0.15) is 32.1 Å². The van der Waals surface area contributed by atoms with Crippen molar-refractivity contribution in [3.05, 3.63) is 29.8 Å². The van der Waals surface area contributed by atoms with Crippen LogP contribution in [0.25, 0.3) is 0 Å². The van der Waals surface area contributed by atoms with Gasteiger partial charge in [-0.3, -0.25) is 4.21 Å². The molecule has 19 heavy (non-hydrogen) atoms. The van der Waals surface area contributed by atoms with Crippen LogP contribution in [0.4, 0.5) is 8.78 Å². The van der Waals surface area contributed by atoms with Gasteiger partial charge in [-0.15, -0.1) is 0 Å². The second kappa shape index (κ2) is 6.25. The summed E-state index contributed by atoms with van der Waals surface area (Å²) in [5, 5.41) is 8.80. The minimum atomic E-state index is -1.59. The zero-order valence-electron chi connectivity index (χ0n) is 10.4. The smallest absolute Gasteiger partial charge is 0.142 e. The van der Waals surface area contributed by atoms with Crippen LogP contribution < -0.4 is 0 Å². The quantitative estimate of drug-likeness (QED) is 0.779. The van der Waals surface area contributed by atoms with Gasteiger partial charge in [0.1, 0.15) is 11.6 Å². The molecule has 2 nitrogen and oxygen atoms in total. The summed E-state index contributed by atoms with van der Waals surface area (Å²) in [6, 6.07) is 5.26. The van der Waals surface area contributed by atoms with Crippen molar-refractivity contribution >= 4 is 10.8 Å². The molecule has 0 heterocycles. The summed E-state index contributed by atoms with van der Waals surface area (Å²) >= 11 is 0. The van der Waals surface area contributed by atoms with Crippen LogP contribution in [0.3, 0.4) is 0 Å². The van der Waals surface area contributed by atoms with E-state index in [-0.39, 0.29) is 16.1 Å². The summed E-state index contributed by atoms with van der Waals surface area (Å²) in [5.41, 5.74) is 0. The normalized spacial score (nSPS) is 25.3. The van der Waals surface area contributed by atoms with Crippen molar-refractivity contribution in [2.45, 2.75) is 42.2 Å². The summed E-state index contributed by atoms with van der Waals surface area (Å²) in [4.78, 5) is 0.00792. The number of rotatable bonds is 2. The van der Waals surface area contributed by atoms with Crippen molar-refractivity contribution < 1.29 is 13.0 Å². The van der Waals surface area contributed by atoms with E-state index in [1.807, 2.05) is 0 Å². The molecule has 3 atom stereocenters. The van der Waals surface area contributed by atoms with Gasteiger partial charge in [0.15, 0.2) is 0 Å². The Kier molecular flexibility index (Phi) is 4.65. The van der Waals surface area contributed by atoms with Gasteiger partial charge in [0, 0.05) is 6.07 Å². The van der Waals surface area contributed by atoms with Crippen LogP contribution in [0, 0.1) is 28.9 Å². The summed E-state index contributed by atoms with van der Waals surface area (Å²) in [6.07, 6.45) is 4.21. The van der Waals surface area contributed by atoms with E-state index in [0.29, 0.717) is 12.8 Å². The molecule has 102 valence electrons. The molecule has 0 N–H and O–H groups in total. The molecule has 0 spiro atoms. The average molecular weight is 283 g/mol. The monoisotopic (exact) mass is 283 g/mol. The lowest BCUT2D eigenvalue weighted by atomic mass is 10.0. The van der Waals surface area contributed by atoms with E-state index in [4.69, 9.17) is 5.26 Å². The maximum Gasteiger partial charge on any atom is 0.142 e. The SMILES string of the molecule is N#CC1CCCCCC1S(=O)c1ccc(F)cc1F. The lowest BCUT2D eigenvalue weighted by Gasteiger charge is -2.19. The second-order valence-corrected chi connectivity index (χ2v) is 6.42. The summed E-state index contributed by atoms with van der Waals surface area (Å²) < 4.78 is 39.0. The molecule has 0 aromatic heterocycles. The number of hydrogen-bond donors (Lipinski definition) is 0. The fourth-order valence-corrected chi connectivity index (χ4v) is 4.13. The van der Waals surface area contributed by atoms with Crippen LogP contribution in [0.15, 0.2) is 23.1 Å². The first-order valence-electron chi connectivity index (χ1n) is 6.38. The van der Waals surface area contributed by atoms with Gasteiger partial charge in [-0.25, -0.2) is 8.78 Å². The zero-order chi connectivity index (χ0) is 13.8. The predicted octanol–water partition coefficient (Wildman–Crippen LogP) is 3.54. The Hall–Kier alpha value is -1.28. The van der Waals surface area contributed by atoms with E-state index < -0.39 is 22.4 Å². The highest BCUT2D eigenvalue weighted by molar-refractivity contribution is 7.85. The van der Waals surface area contributed by atoms with Crippen LogP contribution >= 0.6 is 0 Å². The van der Waals surface area contributed by atoms with Gasteiger partial charge in [-0.1, -0.05) is 19.3 Å². The Morgan fingerprint density at radius 3 is 2.63 bits per heavy atom. The Bertz CT molecular complexity index is 527. The molecule has 0 bridgehead atoms. The zero-order valence-corrected chi connectivity index (χ0v) is 11.3. The Balaban J connectivity index is 2.28. The number of nitrogens with zero attached hydrogens (tertiary/aromatic N) is 1. The third-order valence-corrected chi connectivity index (χ3v) is 5.38. The third-order valence-electron chi connectivity index (χ3n) is 3.50. The van der Waals surface area contributed by atoms with E-state index in [9.17, 15) is 13.0 Å². The fourth-order valence-electron chi connectivity index (χ4n) is 2.48. The van der Waals surface area contributed by atoms with E-state index in [0.717, 1.165) is 31.4 Å². The summed E-state index contributed by atoms with van der Waals surface area (Å²) in [6.45, 7) is 0. The molecule has 0 amide bonds. The maximum atomic E-state index is 13.7. The van der Waals surface area contributed by atoms with Crippen molar-refractivity contribution in [1.82, 2.24) is 0 Å². The van der Waals surface area contributed by atoms with Gasteiger partial charge < -0.3 is 0 Å². The van der Waals surface area contributed by atoms with E-state index in [1.165, 1.54) is 6.07 Å². The third kappa shape index (κ3) is 3.19. The molecule has 0 saturated heterocycles. The Labute approximate surface area is 113 Å². The average Bonchev–Trinajstić information content (AvgIpc) is 2.63. The summed E-state index contributed by atoms with van der Waals surface area (Å²) in [5.74, 6) is -1.79. The van der Waals surface area contributed by atoms with Crippen LogP contribution in [-0.4, -0.2) is 9.46 Å². The minimum absolute atomic E-state index is 0.00792. The highest BCUT2D eigenvalue weighted by atomic mass is 32.2. The molecule has 1 saturated carbocycles. The van der Waals surface area contributed by atoms with E-state index in [1.54, 1.807) is 0 Å². The molecule has 1 aliphatic rings. The van der Waals surface area contributed by atoms with E-state index >= 15 is 0 Å². The topological polar surface area (TPSA) is 40.9 Å². The molecule has 1 aromatic carbocycles. The highest BCUT2D eigenvalue weighted by Gasteiger charge is 2.30. The predicted molar refractivity (Wildman–Crippen MR) is 68.7 cm³/mol. The molecule has 3 unspecified atom stereocenters. The van der Waals surface area contributed by atoms with Crippen molar-refractivity contribution in [3.8, 4) is 6.07 Å². The maximum absolute atomic E-state index is 13.7. The Morgan fingerprint density at radius 2 is 1.95 bits per heavy atom. The fraction of sp³-hybridized carbons (Fsp3) is 0.500. The molecule has 2 rings (SSSR count). The molecular weight excluding hydrogens is 268 g/mol. The van der Waals surface area contributed by atoms with Crippen molar-refractivity contribution in [2.75, 3.05) is 0 Å². The minimum Gasteiger partial charge on any atom is -0.254 e. The van der Waals surface area contributed by atoms with Crippen LogP contribution in [0.5, 0.6) is 0 Å². The first-order chi connectivity index (χ1) is 9.13. The lowest BCUT2D eigenvalue weighted by molar-refractivity contribution is 0.546. The Morgan fingerprint density at radius 1 is 1.21 bits per heavy atom. The molecule has 1 fully saturated rings. The lowest BCUT2D eigenvalue weighted by Crippen LogP contribution is -2.24. The number of nitriles is 1. The molecule has 5 heteroatoms. The molecular formula is C14H15F2NOS. The first kappa shape index (κ1) is 14.1. The standard InChI is InChI=1S/C14H15F2NOS/c15-11-6-7-14(12(16)8-11)19(18)13-5-3-1-2-4-10(13)9-17/h6-8,10,13H,1-5H2. The van der Waals surface area contributed by atoms with Gasteiger partial charge in [-0.05, 0) is 25.0 Å². The van der Waals surface area contributed by atoms with Crippen molar-refractivity contribution in [1.29, 1.82) is 5.26 Å². The molecule has 0 aliphatic heterocycles. The van der Waals surface area contributed by atoms with Gasteiger partial charge >= 0.3 is 0 Å². The van der Waals surface area contributed by atoms with Crippen LogP contribution in [-0.2, 0) is 10.8 Å². The molecule has 1 aromatic rings. The van der Waals surface area contributed by atoms with Gasteiger partial charge in [-0.2, -0.15) is 5.26 Å². The van der Waals surface area contributed by atoms with Gasteiger partial charge in [0.2, 0.25) is 0 Å². The first-order valence-corrected chi connectivity index (χ1v) is 7.60. The number of halogens is 2. The summed E-state index contributed by atoms with van der Waals surface area (Å²) in [7, 11) is -1.59. The highest BCUT2D eigenvalue weighted by Crippen LogP contribution is 2.30. The molecule has 0 radical (unpaired) electrons. The number of benzene rings is 1.